The predicted molar refractivity (Wildman–Crippen MR) is 76.5 cm³/mol. The van der Waals surface area contributed by atoms with Gasteiger partial charge in [-0.25, -0.2) is 0 Å². The lowest BCUT2D eigenvalue weighted by Gasteiger charge is -2.20. The Kier molecular flexibility index (Phi) is 4.14. The normalized spacial score (nSPS) is 14.0. The minimum Gasteiger partial charge on any atom is -0.492 e. The van der Waals surface area contributed by atoms with Crippen molar-refractivity contribution in [1.29, 1.82) is 0 Å². The number of carbonyl (C=O) groups excluding carboxylic acids is 1. The van der Waals surface area contributed by atoms with Crippen molar-refractivity contribution in [3.05, 3.63) is 18.2 Å². The van der Waals surface area contributed by atoms with Crippen molar-refractivity contribution in [2.24, 2.45) is 0 Å². The van der Waals surface area contributed by atoms with Crippen molar-refractivity contribution >= 4 is 17.3 Å². The fourth-order valence-electron chi connectivity index (χ4n) is 1.85. The van der Waals surface area contributed by atoms with Crippen LogP contribution < -0.4 is 20.7 Å². The van der Waals surface area contributed by atoms with E-state index in [9.17, 15) is 4.79 Å². The molecule has 0 atom stereocenters. The highest BCUT2D eigenvalue weighted by Gasteiger charge is 2.23. The number of nitrogens with zero attached hydrogens (tertiary/aromatic N) is 1. The van der Waals surface area contributed by atoms with Gasteiger partial charge in [-0.1, -0.05) is 0 Å². The van der Waals surface area contributed by atoms with Crippen molar-refractivity contribution in [3.63, 3.8) is 0 Å². The standard InChI is InChI=1S/C14H21N3O2/c1-3-19-13-8-11(6-7-12(13)15)17(2)9-14(18)16-10-4-5-10/h6-8,10H,3-5,9,15H2,1-2H3,(H,16,18). The number of nitrogens with two attached hydrogens (primary N) is 1. The second kappa shape index (κ2) is 5.82. The molecule has 19 heavy (non-hydrogen) atoms. The Morgan fingerprint density at radius 3 is 2.89 bits per heavy atom. The lowest BCUT2D eigenvalue weighted by atomic mass is 10.2. The number of likely N-dealkylation sites (N-methyl/N-ethyl adjacent to an activating group) is 1. The van der Waals surface area contributed by atoms with Crippen LogP contribution >= 0.6 is 0 Å². The zero-order valence-electron chi connectivity index (χ0n) is 11.5. The smallest absolute Gasteiger partial charge is 0.239 e. The Labute approximate surface area is 113 Å². The van der Waals surface area contributed by atoms with Gasteiger partial charge in [0.2, 0.25) is 5.91 Å². The molecule has 1 fully saturated rings. The molecular weight excluding hydrogens is 242 g/mol. The van der Waals surface area contributed by atoms with Crippen molar-refractivity contribution in [1.82, 2.24) is 5.32 Å². The highest BCUT2D eigenvalue weighted by molar-refractivity contribution is 5.82. The van der Waals surface area contributed by atoms with Crippen molar-refractivity contribution in [2.45, 2.75) is 25.8 Å². The van der Waals surface area contributed by atoms with E-state index in [1.165, 1.54) is 0 Å². The molecule has 0 radical (unpaired) electrons. The van der Waals surface area contributed by atoms with Gasteiger partial charge in [0, 0.05) is 24.8 Å². The summed E-state index contributed by atoms with van der Waals surface area (Å²) in [6.45, 7) is 2.82. The van der Waals surface area contributed by atoms with Gasteiger partial charge < -0.3 is 20.7 Å². The van der Waals surface area contributed by atoms with Crippen LogP contribution in [0.3, 0.4) is 0 Å². The summed E-state index contributed by atoms with van der Waals surface area (Å²) < 4.78 is 5.45. The minimum atomic E-state index is 0.0554. The second-order valence-electron chi connectivity index (χ2n) is 4.85. The van der Waals surface area contributed by atoms with Crippen LogP contribution in [0.15, 0.2) is 18.2 Å². The average Bonchev–Trinajstić information content (AvgIpc) is 3.15. The second-order valence-corrected chi connectivity index (χ2v) is 4.85. The van der Waals surface area contributed by atoms with Gasteiger partial charge in [0.25, 0.3) is 0 Å². The van der Waals surface area contributed by atoms with E-state index < -0.39 is 0 Å². The topological polar surface area (TPSA) is 67.6 Å². The van der Waals surface area contributed by atoms with Crippen LogP contribution in [-0.2, 0) is 4.79 Å². The number of benzene rings is 1. The van der Waals surface area contributed by atoms with Crippen LogP contribution in [0.25, 0.3) is 0 Å². The summed E-state index contributed by atoms with van der Waals surface area (Å²) in [6.07, 6.45) is 2.21. The third-order valence-electron chi connectivity index (χ3n) is 3.06. The summed E-state index contributed by atoms with van der Waals surface area (Å²) in [5.41, 5.74) is 7.36. The Hall–Kier alpha value is -1.91. The summed E-state index contributed by atoms with van der Waals surface area (Å²) in [5.74, 6) is 0.717. The zero-order valence-corrected chi connectivity index (χ0v) is 11.5. The first-order chi connectivity index (χ1) is 9.10. The number of carbonyl (C=O) groups is 1. The molecule has 3 N–H and O–H groups in total. The maximum absolute atomic E-state index is 11.7. The molecule has 0 heterocycles. The summed E-state index contributed by atoms with van der Waals surface area (Å²) in [6, 6.07) is 5.95. The molecule has 5 nitrogen and oxygen atoms in total. The van der Waals surface area contributed by atoms with E-state index in [0.717, 1.165) is 18.5 Å². The molecular formula is C14H21N3O2. The van der Waals surface area contributed by atoms with Gasteiger partial charge >= 0.3 is 0 Å². The molecule has 0 aliphatic heterocycles. The predicted octanol–water partition coefficient (Wildman–Crippen LogP) is 1.38. The Morgan fingerprint density at radius 2 is 2.26 bits per heavy atom. The lowest BCUT2D eigenvalue weighted by molar-refractivity contribution is -0.119. The summed E-state index contributed by atoms with van der Waals surface area (Å²) in [5, 5.41) is 2.97. The molecule has 0 spiro atoms. The van der Waals surface area contributed by atoms with E-state index in [2.05, 4.69) is 5.32 Å². The maximum Gasteiger partial charge on any atom is 0.239 e. The average molecular weight is 263 g/mol. The third kappa shape index (κ3) is 3.77. The molecule has 0 unspecified atom stereocenters. The number of amides is 1. The SMILES string of the molecule is CCOc1cc(N(C)CC(=O)NC2CC2)ccc1N. The van der Waals surface area contributed by atoms with E-state index >= 15 is 0 Å². The van der Waals surface area contributed by atoms with Crippen LogP contribution in [0.1, 0.15) is 19.8 Å². The van der Waals surface area contributed by atoms with E-state index in [0.29, 0.717) is 30.6 Å². The van der Waals surface area contributed by atoms with Crippen molar-refractivity contribution in [2.75, 3.05) is 30.8 Å². The van der Waals surface area contributed by atoms with E-state index in [1.807, 2.05) is 31.0 Å². The Morgan fingerprint density at radius 1 is 1.53 bits per heavy atom. The first-order valence-corrected chi connectivity index (χ1v) is 6.63. The summed E-state index contributed by atoms with van der Waals surface area (Å²) in [4.78, 5) is 13.6. The van der Waals surface area contributed by atoms with E-state index in [4.69, 9.17) is 10.5 Å². The molecule has 1 aliphatic rings. The molecule has 104 valence electrons. The highest BCUT2D eigenvalue weighted by Crippen LogP contribution is 2.27. The van der Waals surface area contributed by atoms with Gasteiger partial charge in [0.15, 0.2) is 0 Å². The number of nitrogens with one attached hydrogen (secondary N) is 1. The molecule has 0 bridgehead atoms. The van der Waals surface area contributed by atoms with Crippen LogP contribution in [-0.4, -0.2) is 32.1 Å². The van der Waals surface area contributed by atoms with Gasteiger partial charge in [-0.3, -0.25) is 4.79 Å². The first kappa shape index (κ1) is 13.5. The van der Waals surface area contributed by atoms with Crippen molar-refractivity contribution in [3.8, 4) is 5.75 Å². The number of nitrogen functional groups attached to an aromatic ring is 1. The fraction of sp³-hybridized carbons (Fsp3) is 0.500. The quantitative estimate of drug-likeness (QED) is 0.761. The molecule has 0 aromatic heterocycles. The minimum absolute atomic E-state index is 0.0554. The first-order valence-electron chi connectivity index (χ1n) is 6.63. The number of ether oxygens (including phenoxy) is 1. The highest BCUT2D eigenvalue weighted by atomic mass is 16.5. The number of hydrogen-bond acceptors (Lipinski definition) is 4. The van der Waals surface area contributed by atoms with E-state index in [-0.39, 0.29) is 5.91 Å². The molecule has 1 amide bonds. The number of hydrogen-bond donors (Lipinski definition) is 2. The molecule has 2 rings (SSSR count). The van der Waals surface area contributed by atoms with Crippen LogP contribution in [0.2, 0.25) is 0 Å². The van der Waals surface area contributed by atoms with Crippen LogP contribution in [0.5, 0.6) is 5.75 Å². The van der Waals surface area contributed by atoms with Crippen LogP contribution in [0.4, 0.5) is 11.4 Å². The van der Waals surface area contributed by atoms with E-state index in [1.54, 1.807) is 6.07 Å². The van der Waals surface area contributed by atoms with Gasteiger partial charge in [-0.15, -0.1) is 0 Å². The Bertz CT molecular complexity index is 458. The zero-order chi connectivity index (χ0) is 13.8. The Balaban J connectivity index is 1.98. The van der Waals surface area contributed by atoms with Gasteiger partial charge in [-0.2, -0.15) is 0 Å². The maximum atomic E-state index is 11.7. The van der Waals surface area contributed by atoms with Gasteiger partial charge in [-0.05, 0) is 31.9 Å². The van der Waals surface area contributed by atoms with Gasteiger partial charge in [0.05, 0.1) is 18.8 Å². The molecule has 1 aromatic rings. The fourth-order valence-corrected chi connectivity index (χ4v) is 1.85. The van der Waals surface area contributed by atoms with Gasteiger partial charge in [0.1, 0.15) is 5.75 Å². The molecule has 0 saturated heterocycles. The lowest BCUT2D eigenvalue weighted by Crippen LogP contribution is -2.36. The molecule has 1 saturated carbocycles. The monoisotopic (exact) mass is 263 g/mol. The molecule has 5 heteroatoms. The number of rotatable bonds is 6. The molecule has 1 aliphatic carbocycles. The van der Waals surface area contributed by atoms with Crippen molar-refractivity contribution < 1.29 is 9.53 Å². The summed E-state index contributed by atoms with van der Waals surface area (Å²) >= 11 is 0. The largest absolute Gasteiger partial charge is 0.492 e. The van der Waals surface area contributed by atoms with Crippen LogP contribution in [0, 0.1) is 0 Å². The summed E-state index contributed by atoms with van der Waals surface area (Å²) in [7, 11) is 1.88. The third-order valence-corrected chi connectivity index (χ3v) is 3.06. The number of anilines is 2. The molecule has 1 aromatic carbocycles.